The van der Waals surface area contributed by atoms with Gasteiger partial charge in [0.05, 0.1) is 0 Å². The molecule has 0 atom stereocenters. The summed E-state index contributed by atoms with van der Waals surface area (Å²) in [6, 6.07) is 10.2. The van der Waals surface area contributed by atoms with E-state index in [0.717, 1.165) is 27.4 Å². The highest BCUT2D eigenvalue weighted by molar-refractivity contribution is 7.21. The summed E-state index contributed by atoms with van der Waals surface area (Å²) in [5.41, 5.74) is 9.95. The molecule has 0 aliphatic heterocycles. The fourth-order valence-electron chi connectivity index (χ4n) is 1.92. The van der Waals surface area contributed by atoms with Gasteiger partial charge in [-0.15, -0.1) is 0 Å². The second kappa shape index (κ2) is 4.51. The summed E-state index contributed by atoms with van der Waals surface area (Å²) in [7, 11) is 0. The van der Waals surface area contributed by atoms with Gasteiger partial charge in [-0.2, -0.15) is 0 Å². The van der Waals surface area contributed by atoms with E-state index in [4.69, 9.17) is 5.73 Å². The molecule has 0 amide bonds. The van der Waals surface area contributed by atoms with Crippen molar-refractivity contribution < 1.29 is 0 Å². The number of rotatable bonds is 2. The molecule has 3 N–H and O–H groups in total. The largest absolute Gasteiger partial charge is 0.375 e. The van der Waals surface area contributed by atoms with Crippen molar-refractivity contribution >= 4 is 38.3 Å². The smallest absolute Gasteiger partial charge is 0.182 e. The summed E-state index contributed by atoms with van der Waals surface area (Å²) < 4.78 is 0. The van der Waals surface area contributed by atoms with E-state index in [-0.39, 0.29) is 0 Å². The topological polar surface area (TPSA) is 63.8 Å². The molecule has 2 heterocycles. The van der Waals surface area contributed by atoms with Crippen LogP contribution in [0.3, 0.4) is 0 Å². The first-order valence-electron chi connectivity index (χ1n) is 5.99. The second-order valence-corrected chi connectivity index (χ2v) is 5.53. The molecule has 0 unspecified atom stereocenters. The second-order valence-electron chi connectivity index (χ2n) is 4.52. The zero-order valence-corrected chi connectivity index (χ0v) is 11.6. The lowest BCUT2D eigenvalue weighted by Crippen LogP contribution is -1.94. The monoisotopic (exact) mass is 270 g/mol. The van der Waals surface area contributed by atoms with Crippen molar-refractivity contribution in [3.8, 4) is 0 Å². The van der Waals surface area contributed by atoms with Crippen molar-refractivity contribution in [3.05, 3.63) is 41.5 Å². The number of nitrogen functional groups attached to an aromatic ring is 1. The average molecular weight is 270 g/mol. The lowest BCUT2D eigenvalue weighted by Gasteiger charge is -2.06. The molecular weight excluding hydrogens is 256 g/mol. The van der Waals surface area contributed by atoms with Gasteiger partial charge < -0.3 is 11.1 Å². The van der Waals surface area contributed by atoms with Gasteiger partial charge in [-0.1, -0.05) is 29.0 Å². The summed E-state index contributed by atoms with van der Waals surface area (Å²) in [5.74, 6) is 0.817. The van der Waals surface area contributed by atoms with Crippen LogP contribution in [0.15, 0.2) is 30.3 Å². The number of nitrogens with one attached hydrogen (secondary N) is 1. The number of aryl methyl sites for hydroxylation is 2. The number of pyridine rings is 1. The Morgan fingerprint density at radius 2 is 1.84 bits per heavy atom. The molecule has 5 heteroatoms. The van der Waals surface area contributed by atoms with Gasteiger partial charge in [-0.3, -0.25) is 0 Å². The van der Waals surface area contributed by atoms with Crippen molar-refractivity contribution in [1.29, 1.82) is 0 Å². The third-order valence-corrected chi connectivity index (χ3v) is 3.68. The Morgan fingerprint density at radius 1 is 1.11 bits per heavy atom. The Kier molecular flexibility index (Phi) is 2.83. The molecule has 0 spiro atoms. The quantitative estimate of drug-likeness (QED) is 0.746. The maximum atomic E-state index is 5.73. The Labute approximate surface area is 115 Å². The highest BCUT2D eigenvalue weighted by Gasteiger charge is 2.08. The molecule has 19 heavy (non-hydrogen) atoms. The number of nitrogens with zero attached hydrogens (tertiary/aromatic N) is 2. The molecule has 0 aliphatic carbocycles. The number of nitrogens with two attached hydrogens (primary N) is 1. The van der Waals surface area contributed by atoms with Crippen LogP contribution >= 0.6 is 11.3 Å². The van der Waals surface area contributed by atoms with Gasteiger partial charge >= 0.3 is 0 Å². The molecule has 0 bridgehead atoms. The standard InChI is InChI=1S/C14H14N4S/c1-8-3-5-10(6-4-8)16-11-7-9(2)12-13(17-11)19-14(15)18-12/h3-7H,1-2H3,(H2,15,18)(H,16,17). The van der Waals surface area contributed by atoms with Crippen molar-refractivity contribution in [2.75, 3.05) is 11.1 Å². The van der Waals surface area contributed by atoms with Gasteiger partial charge in [-0.05, 0) is 37.6 Å². The van der Waals surface area contributed by atoms with E-state index in [1.54, 1.807) is 0 Å². The van der Waals surface area contributed by atoms with Crippen LogP contribution in [0.5, 0.6) is 0 Å². The number of aromatic nitrogens is 2. The third-order valence-electron chi connectivity index (χ3n) is 2.90. The van der Waals surface area contributed by atoms with E-state index in [1.807, 2.05) is 25.1 Å². The zero-order valence-electron chi connectivity index (χ0n) is 10.8. The Balaban J connectivity index is 1.98. The predicted molar refractivity (Wildman–Crippen MR) is 81.0 cm³/mol. The SMILES string of the molecule is Cc1ccc(Nc2cc(C)c3nc(N)sc3n2)cc1. The normalized spacial score (nSPS) is 10.8. The molecule has 1 aromatic carbocycles. The highest BCUT2D eigenvalue weighted by Crippen LogP contribution is 2.27. The fourth-order valence-corrected chi connectivity index (χ4v) is 2.71. The number of anilines is 3. The molecule has 3 aromatic rings. The minimum absolute atomic E-state index is 0.554. The molecule has 2 aromatic heterocycles. The molecule has 0 saturated heterocycles. The number of benzene rings is 1. The summed E-state index contributed by atoms with van der Waals surface area (Å²) >= 11 is 1.41. The lowest BCUT2D eigenvalue weighted by molar-refractivity contribution is 1.33. The molecule has 0 aliphatic rings. The zero-order chi connectivity index (χ0) is 13.4. The molecule has 4 nitrogen and oxygen atoms in total. The van der Waals surface area contributed by atoms with E-state index in [9.17, 15) is 0 Å². The van der Waals surface area contributed by atoms with Crippen LogP contribution in [0.2, 0.25) is 0 Å². The van der Waals surface area contributed by atoms with Crippen LogP contribution < -0.4 is 11.1 Å². The Bertz CT molecular complexity index is 731. The highest BCUT2D eigenvalue weighted by atomic mass is 32.1. The summed E-state index contributed by atoms with van der Waals surface area (Å²) in [4.78, 5) is 9.69. The van der Waals surface area contributed by atoms with Crippen LogP contribution in [0.4, 0.5) is 16.6 Å². The van der Waals surface area contributed by atoms with Crippen LogP contribution in [0.1, 0.15) is 11.1 Å². The van der Waals surface area contributed by atoms with Crippen LogP contribution in [0.25, 0.3) is 10.3 Å². The van der Waals surface area contributed by atoms with Crippen molar-refractivity contribution in [2.45, 2.75) is 13.8 Å². The minimum Gasteiger partial charge on any atom is -0.375 e. The summed E-state index contributed by atoms with van der Waals surface area (Å²) in [5, 5.41) is 3.85. The van der Waals surface area contributed by atoms with E-state index >= 15 is 0 Å². The number of fused-ring (bicyclic) bond motifs is 1. The Hall–Kier alpha value is -2.14. The molecule has 3 rings (SSSR count). The average Bonchev–Trinajstić information content (AvgIpc) is 2.73. The van der Waals surface area contributed by atoms with Crippen molar-refractivity contribution in [3.63, 3.8) is 0 Å². The maximum absolute atomic E-state index is 5.73. The van der Waals surface area contributed by atoms with Gasteiger partial charge in [0.2, 0.25) is 0 Å². The van der Waals surface area contributed by atoms with Gasteiger partial charge in [0.15, 0.2) is 5.13 Å². The van der Waals surface area contributed by atoms with E-state index in [0.29, 0.717) is 5.13 Å². The first kappa shape index (κ1) is 11.9. The van der Waals surface area contributed by atoms with Crippen LogP contribution in [-0.2, 0) is 0 Å². The van der Waals surface area contributed by atoms with E-state index in [2.05, 4.69) is 34.3 Å². The number of hydrogen-bond acceptors (Lipinski definition) is 5. The summed E-state index contributed by atoms with van der Waals surface area (Å²) in [6.45, 7) is 4.09. The fraction of sp³-hybridized carbons (Fsp3) is 0.143. The van der Waals surface area contributed by atoms with Crippen LogP contribution in [0, 0.1) is 13.8 Å². The first-order chi connectivity index (χ1) is 9.11. The van der Waals surface area contributed by atoms with Crippen molar-refractivity contribution in [2.24, 2.45) is 0 Å². The predicted octanol–water partition coefficient (Wildman–Crippen LogP) is 3.63. The van der Waals surface area contributed by atoms with Gasteiger partial charge in [0, 0.05) is 5.69 Å². The molecule has 96 valence electrons. The van der Waals surface area contributed by atoms with E-state index in [1.165, 1.54) is 16.9 Å². The third kappa shape index (κ3) is 2.37. The number of thiazole rings is 1. The number of hydrogen-bond donors (Lipinski definition) is 2. The molecular formula is C14H14N4S. The molecule has 0 radical (unpaired) electrons. The minimum atomic E-state index is 0.554. The van der Waals surface area contributed by atoms with Gasteiger partial charge in [-0.25, -0.2) is 9.97 Å². The maximum Gasteiger partial charge on any atom is 0.182 e. The first-order valence-corrected chi connectivity index (χ1v) is 6.81. The molecule has 0 saturated carbocycles. The van der Waals surface area contributed by atoms with Crippen LogP contribution in [-0.4, -0.2) is 9.97 Å². The molecule has 0 fully saturated rings. The summed E-state index contributed by atoms with van der Waals surface area (Å²) in [6.07, 6.45) is 0. The lowest BCUT2D eigenvalue weighted by atomic mass is 10.2. The van der Waals surface area contributed by atoms with E-state index < -0.39 is 0 Å². The van der Waals surface area contributed by atoms with Gasteiger partial charge in [0.1, 0.15) is 16.2 Å². The Morgan fingerprint density at radius 3 is 2.58 bits per heavy atom. The van der Waals surface area contributed by atoms with Gasteiger partial charge in [0.25, 0.3) is 0 Å². The van der Waals surface area contributed by atoms with Crippen molar-refractivity contribution in [1.82, 2.24) is 9.97 Å².